The zero-order valence-corrected chi connectivity index (χ0v) is 17.4. The highest BCUT2D eigenvalue weighted by atomic mass is 16.5. The lowest BCUT2D eigenvalue weighted by Gasteiger charge is -2.36. The van der Waals surface area contributed by atoms with E-state index in [4.69, 9.17) is 4.74 Å². The van der Waals surface area contributed by atoms with Gasteiger partial charge in [-0.25, -0.2) is 9.78 Å². The van der Waals surface area contributed by atoms with Crippen LogP contribution in [0.15, 0.2) is 36.4 Å². The first-order valence-electron chi connectivity index (χ1n) is 10.7. The van der Waals surface area contributed by atoms with Crippen LogP contribution in [0.1, 0.15) is 44.6 Å². The predicted octanol–water partition coefficient (Wildman–Crippen LogP) is 1.14. The number of carbonyl (C=O) groups is 2. The van der Waals surface area contributed by atoms with Gasteiger partial charge in [-0.15, -0.1) is 5.10 Å². The van der Waals surface area contributed by atoms with Gasteiger partial charge in [-0.2, -0.15) is 4.68 Å². The van der Waals surface area contributed by atoms with Crippen LogP contribution in [0, 0.1) is 5.41 Å². The molecule has 5 rings (SSSR count). The first-order chi connectivity index (χ1) is 15.0. The van der Waals surface area contributed by atoms with Crippen LogP contribution in [0.4, 0.5) is 0 Å². The average Bonchev–Trinajstić information content (AvgIpc) is 3.50. The van der Waals surface area contributed by atoms with E-state index in [0.717, 1.165) is 44.2 Å². The Morgan fingerprint density at radius 1 is 1.26 bits per heavy atom. The summed E-state index contributed by atoms with van der Waals surface area (Å²) in [6.45, 7) is 2.99. The van der Waals surface area contributed by atoms with Crippen molar-refractivity contribution in [2.75, 3.05) is 6.61 Å². The Hall–Kier alpha value is -3.14. The monoisotopic (exact) mass is 423 g/mol. The van der Waals surface area contributed by atoms with Gasteiger partial charge in [0.15, 0.2) is 5.82 Å². The van der Waals surface area contributed by atoms with E-state index in [0.29, 0.717) is 17.6 Å². The van der Waals surface area contributed by atoms with Crippen LogP contribution in [0.3, 0.4) is 0 Å². The third kappa shape index (κ3) is 3.71. The molecule has 3 aliphatic rings. The molecule has 2 fully saturated rings. The fourth-order valence-electron chi connectivity index (χ4n) is 5.09. The maximum atomic E-state index is 13.3. The number of cyclic esters (lactones) is 1. The van der Waals surface area contributed by atoms with Crippen molar-refractivity contribution in [2.45, 2.75) is 57.7 Å². The van der Waals surface area contributed by atoms with Gasteiger partial charge in [0, 0.05) is 30.9 Å². The van der Waals surface area contributed by atoms with E-state index in [2.05, 4.69) is 32.7 Å². The summed E-state index contributed by atoms with van der Waals surface area (Å²) in [6.07, 6.45) is 9.27. The first-order valence-corrected chi connectivity index (χ1v) is 10.7. The van der Waals surface area contributed by atoms with Crippen molar-refractivity contribution in [2.24, 2.45) is 5.41 Å². The molecule has 0 unspecified atom stereocenters. The number of rotatable bonds is 5. The van der Waals surface area contributed by atoms with Gasteiger partial charge in [-0.3, -0.25) is 4.79 Å². The molecule has 10 heteroatoms. The number of esters is 1. The molecule has 1 amide bonds. The molecule has 0 bridgehead atoms. The number of nitrogens with zero attached hydrogens (tertiary/aromatic N) is 6. The Labute approximate surface area is 179 Å². The number of hydrogen-bond donors (Lipinski definition) is 1. The number of ether oxygens (including phenoxy) is 1. The molecule has 1 N–H and O–H groups in total. The second-order valence-electron chi connectivity index (χ2n) is 8.69. The molecule has 2 aromatic heterocycles. The Balaban J connectivity index is 1.16. The number of hydrogen-bond acceptors (Lipinski definition) is 8. The second-order valence-corrected chi connectivity index (χ2v) is 8.69. The molecule has 0 radical (unpaired) electrons. The molecule has 2 aliphatic heterocycles. The highest BCUT2D eigenvalue weighted by molar-refractivity contribution is 5.91. The molecule has 1 atom stereocenters. The Bertz CT molecular complexity index is 994. The Kier molecular flexibility index (Phi) is 5.01. The van der Waals surface area contributed by atoms with Gasteiger partial charge in [0.2, 0.25) is 5.91 Å². The standard InChI is InChI=1S/C21H25N7O3/c1-14-9-21(20(30)28(14)17-8-19(29)31-12-17)6-4-16(5-7-21)22-10-15-2-3-18(23-11-15)27-13-24-25-26-27/h2-3,8,11,13-14,16,22H,4-7,9-10,12H2,1H3/t14-,16-,21+/m0/s1. The van der Waals surface area contributed by atoms with Gasteiger partial charge in [-0.1, -0.05) is 6.07 Å². The zero-order chi connectivity index (χ0) is 21.4. The largest absolute Gasteiger partial charge is 0.456 e. The summed E-state index contributed by atoms with van der Waals surface area (Å²) >= 11 is 0. The van der Waals surface area contributed by atoms with E-state index in [9.17, 15) is 9.59 Å². The molecule has 1 spiro atoms. The topological polar surface area (TPSA) is 115 Å². The minimum Gasteiger partial charge on any atom is -0.456 e. The van der Waals surface area contributed by atoms with Crippen molar-refractivity contribution in [3.8, 4) is 5.82 Å². The average molecular weight is 423 g/mol. The molecule has 10 nitrogen and oxygen atoms in total. The maximum absolute atomic E-state index is 13.3. The first kappa shape index (κ1) is 19.8. The van der Waals surface area contributed by atoms with Crippen LogP contribution >= 0.6 is 0 Å². The van der Waals surface area contributed by atoms with Gasteiger partial charge in [-0.05, 0) is 61.1 Å². The number of likely N-dealkylation sites (tertiary alicyclic amines) is 1. The quantitative estimate of drug-likeness (QED) is 0.712. The zero-order valence-electron chi connectivity index (χ0n) is 17.4. The van der Waals surface area contributed by atoms with Crippen molar-refractivity contribution >= 4 is 11.9 Å². The number of carbonyl (C=O) groups excluding carboxylic acids is 2. The predicted molar refractivity (Wildman–Crippen MR) is 108 cm³/mol. The van der Waals surface area contributed by atoms with Crippen LogP contribution in [0.5, 0.6) is 0 Å². The molecule has 162 valence electrons. The van der Waals surface area contributed by atoms with Crippen molar-refractivity contribution in [1.29, 1.82) is 0 Å². The van der Waals surface area contributed by atoms with Crippen molar-refractivity contribution in [3.63, 3.8) is 0 Å². The summed E-state index contributed by atoms with van der Waals surface area (Å²) in [6, 6.07) is 4.38. The summed E-state index contributed by atoms with van der Waals surface area (Å²) in [5.74, 6) is 0.478. The number of nitrogens with one attached hydrogen (secondary N) is 1. The van der Waals surface area contributed by atoms with Gasteiger partial charge < -0.3 is 15.0 Å². The van der Waals surface area contributed by atoms with E-state index in [1.54, 1.807) is 4.90 Å². The van der Waals surface area contributed by atoms with E-state index in [-0.39, 0.29) is 29.9 Å². The smallest absolute Gasteiger partial charge is 0.333 e. The molecular weight excluding hydrogens is 398 g/mol. The molecule has 2 aromatic rings. The third-order valence-electron chi connectivity index (χ3n) is 6.69. The van der Waals surface area contributed by atoms with Gasteiger partial charge in [0.05, 0.1) is 11.1 Å². The summed E-state index contributed by atoms with van der Waals surface area (Å²) in [5, 5.41) is 14.7. The minimum absolute atomic E-state index is 0.0996. The second kappa shape index (κ2) is 7.84. The van der Waals surface area contributed by atoms with Crippen molar-refractivity contribution in [3.05, 3.63) is 42.0 Å². The lowest BCUT2D eigenvalue weighted by molar-refractivity contribution is -0.138. The molecular formula is C21H25N7O3. The van der Waals surface area contributed by atoms with Gasteiger partial charge in [0.1, 0.15) is 12.9 Å². The summed E-state index contributed by atoms with van der Waals surface area (Å²) in [4.78, 5) is 30.9. The van der Waals surface area contributed by atoms with Crippen molar-refractivity contribution in [1.82, 2.24) is 35.4 Å². The highest BCUT2D eigenvalue weighted by Gasteiger charge is 2.52. The number of aromatic nitrogens is 5. The highest BCUT2D eigenvalue weighted by Crippen LogP contribution is 2.48. The molecule has 1 saturated carbocycles. The summed E-state index contributed by atoms with van der Waals surface area (Å²) < 4.78 is 6.54. The fourth-order valence-corrected chi connectivity index (χ4v) is 5.09. The normalized spacial score (nSPS) is 28.3. The molecule has 31 heavy (non-hydrogen) atoms. The molecule has 4 heterocycles. The maximum Gasteiger partial charge on any atom is 0.333 e. The van der Waals surface area contributed by atoms with E-state index in [1.807, 2.05) is 18.3 Å². The van der Waals surface area contributed by atoms with Crippen LogP contribution < -0.4 is 5.32 Å². The third-order valence-corrected chi connectivity index (χ3v) is 6.69. The lowest BCUT2D eigenvalue weighted by Crippen LogP contribution is -2.42. The van der Waals surface area contributed by atoms with E-state index < -0.39 is 0 Å². The van der Waals surface area contributed by atoms with Gasteiger partial charge >= 0.3 is 5.97 Å². The Morgan fingerprint density at radius 3 is 2.74 bits per heavy atom. The lowest BCUT2D eigenvalue weighted by atomic mass is 9.70. The van der Waals surface area contributed by atoms with E-state index in [1.165, 1.54) is 17.1 Å². The number of amides is 1. The van der Waals surface area contributed by atoms with E-state index >= 15 is 0 Å². The minimum atomic E-state index is -0.357. The fraction of sp³-hybridized carbons (Fsp3) is 0.524. The van der Waals surface area contributed by atoms with Crippen LogP contribution in [-0.2, 0) is 20.9 Å². The van der Waals surface area contributed by atoms with Gasteiger partial charge in [0.25, 0.3) is 0 Å². The Morgan fingerprint density at radius 2 is 2.10 bits per heavy atom. The molecule has 0 aromatic carbocycles. The SMILES string of the molecule is C[C@H]1C[C@]2(CC[C@H](NCc3ccc(-n4cnnn4)nc3)CC2)C(=O)N1C1=CC(=O)OC1. The summed E-state index contributed by atoms with van der Waals surface area (Å²) in [5.41, 5.74) is 1.49. The number of tetrazole rings is 1. The van der Waals surface area contributed by atoms with Crippen LogP contribution in [0.25, 0.3) is 5.82 Å². The summed E-state index contributed by atoms with van der Waals surface area (Å²) in [7, 11) is 0. The molecule has 1 aliphatic carbocycles. The molecule has 1 saturated heterocycles. The van der Waals surface area contributed by atoms with Crippen molar-refractivity contribution < 1.29 is 14.3 Å². The van der Waals surface area contributed by atoms with Crippen LogP contribution in [0.2, 0.25) is 0 Å². The van der Waals surface area contributed by atoms with Crippen LogP contribution in [-0.4, -0.2) is 60.7 Å². The number of pyridine rings is 1.